The highest BCUT2D eigenvalue weighted by atomic mass is 16.4. The minimum atomic E-state index is -0.840. The minimum Gasteiger partial charge on any atom is -0.481 e. The summed E-state index contributed by atoms with van der Waals surface area (Å²) in [4.78, 5) is 27.1. The number of urea groups is 1. The lowest BCUT2D eigenvalue weighted by Crippen LogP contribution is -2.46. The second-order valence-corrected chi connectivity index (χ2v) is 5.12. The van der Waals surface area contributed by atoms with Gasteiger partial charge in [-0.1, -0.05) is 12.8 Å². The van der Waals surface area contributed by atoms with E-state index in [0.29, 0.717) is 18.5 Å². The Morgan fingerprint density at radius 1 is 1.35 bits per heavy atom. The zero-order valence-corrected chi connectivity index (χ0v) is 11.4. The van der Waals surface area contributed by atoms with Gasteiger partial charge in [0.25, 0.3) is 0 Å². The van der Waals surface area contributed by atoms with E-state index in [1.807, 2.05) is 6.92 Å². The van der Waals surface area contributed by atoms with E-state index in [-0.39, 0.29) is 12.1 Å². The number of hydrogen-bond acceptors (Lipinski definition) is 3. The molecule has 0 aliphatic heterocycles. The maximum atomic E-state index is 12.0. The van der Waals surface area contributed by atoms with Crippen LogP contribution in [0.25, 0.3) is 0 Å². The van der Waals surface area contributed by atoms with Crippen molar-refractivity contribution in [2.24, 2.45) is 5.92 Å². The van der Waals surface area contributed by atoms with Crippen molar-refractivity contribution in [2.45, 2.75) is 38.6 Å². The number of hydrogen-bond donors (Lipinski definition) is 3. The quantitative estimate of drug-likeness (QED) is 0.789. The lowest BCUT2D eigenvalue weighted by atomic mass is 9.84. The molecule has 1 aromatic heterocycles. The molecule has 2 unspecified atom stereocenters. The first-order chi connectivity index (χ1) is 9.58. The molecule has 0 spiro atoms. The van der Waals surface area contributed by atoms with Crippen LogP contribution in [0.2, 0.25) is 0 Å². The molecule has 0 aromatic carbocycles. The van der Waals surface area contributed by atoms with Crippen molar-refractivity contribution in [1.82, 2.24) is 10.3 Å². The van der Waals surface area contributed by atoms with Gasteiger partial charge in [0.2, 0.25) is 0 Å². The predicted molar refractivity (Wildman–Crippen MR) is 74.5 cm³/mol. The SMILES string of the molecule is Cc1ccncc1NC(=O)NC1CCCCC1C(=O)O. The fraction of sp³-hybridized carbons (Fsp3) is 0.500. The lowest BCUT2D eigenvalue weighted by molar-refractivity contribution is -0.143. The van der Waals surface area contributed by atoms with Crippen molar-refractivity contribution >= 4 is 17.7 Å². The maximum Gasteiger partial charge on any atom is 0.319 e. The number of aryl methyl sites for hydroxylation is 1. The summed E-state index contributed by atoms with van der Waals surface area (Å²) in [6.45, 7) is 1.87. The van der Waals surface area contributed by atoms with Crippen LogP contribution in [0.15, 0.2) is 18.5 Å². The third-order valence-corrected chi connectivity index (χ3v) is 3.69. The van der Waals surface area contributed by atoms with Crippen molar-refractivity contribution in [3.05, 3.63) is 24.0 Å². The van der Waals surface area contributed by atoms with Crippen LogP contribution in [0.1, 0.15) is 31.2 Å². The van der Waals surface area contributed by atoms with Gasteiger partial charge in [-0.3, -0.25) is 9.78 Å². The molecule has 2 amide bonds. The van der Waals surface area contributed by atoms with Gasteiger partial charge < -0.3 is 15.7 Å². The van der Waals surface area contributed by atoms with E-state index in [0.717, 1.165) is 18.4 Å². The van der Waals surface area contributed by atoms with E-state index >= 15 is 0 Å². The number of nitrogens with zero attached hydrogens (tertiary/aromatic N) is 1. The minimum absolute atomic E-state index is 0.307. The molecule has 1 heterocycles. The summed E-state index contributed by atoms with van der Waals surface area (Å²) in [6.07, 6.45) is 6.40. The van der Waals surface area contributed by atoms with Gasteiger partial charge in [0.05, 0.1) is 17.8 Å². The summed E-state index contributed by atoms with van der Waals surface area (Å²) in [5.74, 6) is -1.34. The van der Waals surface area contributed by atoms with Crippen molar-refractivity contribution in [1.29, 1.82) is 0 Å². The molecule has 20 heavy (non-hydrogen) atoms. The van der Waals surface area contributed by atoms with Crippen LogP contribution in [0, 0.1) is 12.8 Å². The van der Waals surface area contributed by atoms with Crippen LogP contribution in [-0.2, 0) is 4.79 Å². The molecule has 1 saturated carbocycles. The van der Waals surface area contributed by atoms with Gasteiger partial charge in [-0.2, -0.15) is 0 Å². The molecule has 2 rings (SSSR count). The van der Waals surface area contributed by atoms with Gasteiger partial charge in [-0.15, -0.1) is 0 Å². The van der Waals surface area contributed by atoms with Gasteiger partial charge in [-0.05, 0) is 31.4 Å². The smallest absolute Gasteiger partial charge is 0.319 e. The zero-order chi connectivity index (χ0) is 14.5. The Balaban J connectivity index is 1.96. The second kappa shape index (κ2) is 6.36. The topological polar surface area (TPSA) is 91.3 Å². The van der Waals surface area contributed by atoms with E-state index in [1.54, 1.807) is 18.5 Å². The summed E-state index contributed by atoms with van der Waals surface area (Å²) in [7, 11) is 0. The molecule has 1 fully saturated rings. The normalized spacial score (nSPS) is 22.1. The van der Waals surface area contributed by atoms with E-state index in [1.165, 1.54) is 0 Å². The van der Waals surface area contributed by atoms with Crippen molar-refractivity contribution in [3.8, 4) is 0 Å². The summed E-state index contributed by atoms with van der Waals surface area (Å²) in [6, 6.07) is 1.12. The Labute approximate surface area is 117 Å². The average molecular weight is 277 g/mol. The Morgan fingerprint density at radius 2 is 2.10 bits per heavy atom. The molecule has 0 saturated heterocycles. The predicted octanol–water partition coefficient (Wildman–Crippen LogP) is 2.15. The molecule has 0 bridgehead atoms. The Kier molecular flexibility index (Phi) is 4.55. The van der Waals surface area contributed by atoms with Gasteiger partial charge in [0.1, 0.15) is 0 Å². The van der Waals surface area contributed by atoms with Crippen molar-refractivity contribution in [2.75, 3.05) is 5.32 Å². The lowest BCUT2D eigenvalue weighted by Gasteiger charge is -2.29. The molecule has 1 aliphatic carbocycles. The Bertz CT molecular complexity index is 504. The Hall–Kier alpha value is -2.11. The summed E-state index contributed by atoms with van der Waals surface area (Å²) < 4.78 is 0. The monoisotopic (exact) mass is 277 g/mol. The highest BCUT2D eigenvalue weighted by Gasteiger charge is 2.31. The van der Waals surface area contributed by atoms with E-state index in [4.69, 9.17) is 0 Å². The number of rotatable bonds is 3. The second-order valence-electron chi connectivity index (χ2n) is 5.12. The van der Waals surface area contributed by atoms with E-state index in [2.05, 4.69) is 15.6 Å². The Morgan fingerprint density at radius 3 is 2.80 bits per heavy atom. The van der Waals surface area contributed by atoms with E-state index < -0.39 is 11.9 Å². The first-order valence-corrected chi connectivity index (χ1v) is 6.79. The first kappa shape index (κ1) is 14.3. The van der Waals surface area contributed by atoms with Crippen LogP contribution in [0.3, 0.4) is 0 Å². The number of aromatic nitrogens is 1. The number of aliphatic carboxylic acids is 1. The molecule has 0 radical (unpaired) electrons. The maximum absolute atomic E-state index is 12.0. The van der Waals surface area contributed by atoms with Gasteiger partial charge in [0, 0.05) is 12.2 Å². The molecule has 1 aliphatic rings. The largest absolute Gasteiger partial charge is 0.481 e. The number of carboxylic acid groups (broad SMARTS) is 1. The fourth-order valence-corrected chi connectivity index (χ4v) is 2.52. The molecular weight excluding hydrogens is 258 g/mol. The fourth-order valence-electron chi connectivity index (χ4n) is 2.52. The number of amides is 2. The van der Waals surface area contributed by atoms with Gasteiger partial charge >= 0.3 is 12.0 Å². The highest BCUT2D eigenvalue weighted by Crippen LogP contribution is 2.24. The third-order valence-electron chi connectivity index (χ3n) is 3.69. The number of carboxylic acids is 1. The molecule has 108 valence electrons. The van der Waals surface area contributed by atoms with E-state index in [9.17, 15) is 14.7 Å². The summed E-state index contributed by atoms with van der Waals surface area (Å²) in [5, 5.41) is 14.7. The standard InChI is InChI=1S/C14H19N3O3/c1-9-6-7-15-8-12(9)17-14(20)16-11-5-3-2-4-10(11)13(18)19/h6-8,10-11H,2-5H2,1H3,(H,18,19)(H2,16,17,20). The van der Waals surface area contributed by atoms with Gasteiger partial charge in [0.15, 0.2) is 0 Å². The molecule has 6 heteroatoms. The number of nitrogens with one attached hydrogen (secondary N) is 2. The van der Waals surface area contributed by atoms with Gasteiger partial charge in [-0.25, -0.2) is 4.79 Å². The van der Waals surface area contributed by atoms with Crippen LogP contribution < -0.4 is 10.6 Å². The van der Waals surface area contributed by atoms with Crippen LogP contribution >= 0.6 is 0 Å². The number of carbonyl (C=O) groups excluding carboxylic acids is 1. The third kappa shape index (κ3) is 3.46. The van der Waals surface area contributed by atoms with Crippen molar-refractivity contribution < 1.29 is 14.7 Å². The van der Waals surface area contributed by atoms with Crippen LogP contribution in [0.4, 0.5) is 10.5 Å². The number of carbonyl (C=O) groups is 2. The molecule has 6 nitrogen and oxygen atoms in total. The molecule has 1 aromatic rings. The number of anilines is 1. The molecule has 3 N–H and O–H groups in total. The number of pyridine rings is 1. The average Bonchev–Trinajstić information content (AvgIpc) is 2.41. The highest BCUT2D eigenvalue weighted by molar-refractivity contribution is 5.90. The zero-order valence-electron chi connectivity index (χ0n) is 11.4. The van der Waals surface area contributed by atoms with Crippen LogP contribution in [0.5, 0.6) is 0 Å². The molecule has 2 atom stereocenters. The first-order valence-electron chi connectivity index (χ1n) is 6.79. The molecular formula is C14H19N3O3. The summed E-state index contributed by atoms with van der Waals surface area (Å²) >= 11 is 0. The van der Waals surface area contributed by atoms with Crippen molar-refractivity contribution in [3.63, 3.8) is 0 Å². The summed E-state index contributed by atoms with van der Waals surface area (Å²) in [5.41, 5.74) is 1.54. The van der Waals surface area contributed by atoms with Crippen LogP contribution in [-0.4, -0.2) is 28.1 Å².